The second kappa shape index (κ2) is 6.00. The number of benzene rings is 1. The van der Waals surface area contributed by atoms with Gasteiger partial charge in [0, 0.05) is 8.04 Å². The second-order valence-corrected chi connectivity index (χ2v) is 6.09. The Bertz CT molecular complexity index is 643. The van der Waals surface area contributed by atoms with Gasteiger partial charge in [-0.1, -0.05) is 12.1 Å². The van der Waals surface area contributed by atoms with Crippen LogP contribution in [0.15, 0.2) is 34.8 Å². The first-order valence-electron chi connectivity index (χ1n) is 5.68. The molecule has 0 fully saturated rings. The Morgan fingerprint density at radius 1 is 1.26 bits per heavy atom. The van der Waals surface area contributed by atoms with Gasteiger partial charge >= 0.3 is 0 Å². The molecule has 0 spiro atoms. The lowest BCUT2D eigenvalue weighted by Gasteiger charge is -2.09. The van der Waals surface area contributed by atoms with Crippen LogP contribution >= 0.6 is 38.5 Å². The fourth-order valence-electron chi connectivity index (χ4n) is 1.62. The lowest BCUT2D eigenvalue weighted by atomic mass is 10.1. The van der Waals surface area contributed by atoms with Crippen LogP contribution in [0.2, 0.25) is 0 Å². The minimum absolute atomic E-state index is 0.137. The van der Waals surface area contributed by atoms with Crippen LogP contribution in [0.25, 0.3) is 0 Å². The van der Waals surface area contributed by atoms with E-state index in [0.717, 1.165) is 19.3 Å². The van der Waals surface area contributed by atoms with Crippen molar-refractivity contribution < 1.29 is 4.79 Å². The number of amides is 1. The summed E-state index contributed by atoms with van der Waals surface area (Å²) >= 11 is 5.57. The van der Waals surface area contributed by atoms with Gasteiger partial charge in [0.15, 0.2) is 0 Å². The van der Waals surface area contributed by atoms with Crippen molar-refractivity contribution in [2.24, 2.45) is 0 Å². The number of rotatable bonds is 2. The van der Waals surface area contributed by atoms with Gasteiger partial charge in [-0.2, -0.15) is 0 Å². The highest BCUT2D eigenvalue weighted by Crippen LogP contribution is 2.19. The molecule has 98 valence electrons. The summed E-state index contributed by atoms with van der Waals surface area (Å²) in [5.41, 5.74) is 2.60. The topological polar surface area (TPSA) is 42.0 Å². The molecule has 1 heterocycles. The van der Waals surface area contributed by atoms with Gasteiger partial charge < -0.3 is 5.32 Å². The highest BCUT2D eigenvalue weighted by Gasteiger charge is 2.12. The first kappa shape index (κ1) is 14.5. The Morgan fingerprint density at radius 3 is 2.68 bits per heavy atom. The molecular weight excluding hydrogens is 419 g/mol. The normalized spacial score (nSPS) is 10.3. The second-order valence-electron chi connectivity index (χ2n) is 4.15. The third-order valence-electron chi connectivity index (χ3n) is 2.70. The van der Waals surface area contributed by atoms with Gasteiger partial charge in [0.05, 0.1) is 11.3 Å². The van der Waals surface area contributed by atoms with Crippen molar-refractivity contribution in [1.82, 2.24) is 4.98 Å². The number of hydrogen-bond acceptors (Lipinski definition) is 2. The molecule has 1 aromatic heterocycles. The van der Waals surface area contributed by atoms with E-state index in [4.69, 9.17) is 0 Å². The lowest BCUT2D eigenvalue weighted by molar-refractivity contribution is 0.102. The molecule has 19 heavy (non-hydrogen) atoms. The average molecular weight is 431 g/mol. The molecule has 0 aliphatic carbocycles. The SMILES string of the molecule is Cc1cccc(C(=O)Nc2ccc(Br)c(C)n2)c1I. The number of halogens is 2. The van der Waals surface area contributed by atoms with Crippen LogP contribution in [0.3, 0.4) is 0 Å². The average Bonchev–Trinajstić information content (AvgIpc) is 2.37. The van der Waals surface area contributed by atoms with Crippen molar-refractivity contribution in [3.8, 4) is 0 Å². The highest BCUT2D eigenvalue weighted by molar-refractivity contribution is 14.1. The minimum Gasteiger partial charge on any atom is -0.307 e. The first-order valence-corrected chi connectivity index (χ1v) is 7.56. The first-order chi connectivity index (χ1) is 8.99. The van der Waals surface area contributed by atoms with Crippen LogP contribution in [0.4, 0.5) is 5.82 Å². The number of nitrogens with one attached hydrogen (secondary N) is 1. The zero-order valence-corrected chi connectivity index (χ0v) is 14.2. The molecule has 0 aliphatic rings. The van der Waals surface area contributed by atoms with Crippen molar-refractivity contribution >= 4 is 50.2 Å². The number of nitrogens with zero attached hydrogens (tertiary/aromatic N) is 1. The van der Waals surface area contributed by atoms with E-state index in [1.54, 1.807) is 6.07 Å². The molecule has 0 saturated heterocycles. The number of carbonyl (C=O) groups is 1. The smallest absolute Gasteiger partial charge is 0.257 e. The molecular formula is C14H12BrIN2O. The maximum absolute atomic E-state index is 12.2. The standard InChI is InChI=1S/C14H12BrIN2O/c1-8-4-3-5-10(13(8)16)14(19)18-12-7-6-11(15)9(2)17-12/h3-7H,1-2H3,(H,17,18,19). The third-order valence-corrected chi connectivity index (χ3v) is 4.97. The Kier molecular flexibility index (Phi) is 4.57. The van der Waals surface area contributed by atoms with Crippen LogP contribution < -0.4 is 5.32 Å². The number of hydrogen-bond donors (Lipinski definition) is 1. The van der Waals surface area contributed by atoms with Gasteiger partial charge in [0.1, 0.15) is 5.82 Å². The number of aromatic nitrogens is 1. The Hall–Kier alpha value is -0.950. The van der Waals surface area contributed by atoms with Crippen LogP contribution in [0.1, 0.15) is 21.6 Å². The lowest BCUT2D eigenvalue weighted by Crippen LogP contribution is -2.15. The molecule has 0 saturated carbocycles. The zero-order valence-electron chi connectivity index (χ0n) is 10.5. The zero-order chi connectivity index (χ0) is 14.0. The molecule has 1 aromatic carbocycles. The van der Waals surface area contributed by atoms with E-state index >= 15 is 0 Å². The molecule has 1 N–H and O–H groups in total. The molecule has 3 nitrogen and oxygen atoms in total. The molecule has 2 aromatic rings. The maximum Gasteiger partial charge on any atom is 0.257 e. The van der Waals surface area contributed by atoms with Crippen LogP contribution in [0.5, 0.6) is 0 Å². The predicted octanol–water partition coefficient (Wildman–Crippen LogP) is 4.32. The van der Waals surface area contributed by atoms with E-state index in [-0.39, 0.29) is 5.91 Å². The Balaban J connectivity index is 2.26. The largest absolute Gasteiger partial charge is 0.307 e. The van der Waals surface area contributed by atoms with E-state index in [9.17, 15) is 4.79 Å². The van der Waals surface area contributed by atoms with Crippen molar-refractivity contribution in [1.29, 1.82) is 0 Å². The van der Waals surface area contributed by atoms with E-state index in [1.807, 2.05) is 38.1 Å². The van der Waals surface area contributed by atoms with Gasteiger partial charge in [-0.15, -0.1) is 0 Å². The van der Waals surface area contributed by atoms with Crippen LogP contribution in [0, 0.1) is 17.4 Å². The Morgan fingerprint density at radius 2 is 2.00 bits per heavy atom. The monoisotopic (exact) mass is 430 g/mol. The van der Waals surface area contributed by atoms with E-state index in [1.165, 1.54) is 0 Å². The van der Waals surface area contributed by atoms with Crippen molar-refractivity contribution in [2.75, 3.05) is 5.32 Å². The summed E-state index contributed by atoms with van der Waals surface area (Å²) < 4.78 is 1.89. The fraction of sp³-hybridized carbons (Fsp3) is 0.143. The van der Waals surface area contributed by atoms with Gasteiger partial charge in [-0.25, -0.2) is 4.98 Å². The quantitative estimate of drug-likeness (QED) is 0.721. The van der Waals surface area contributed by atoms with Crippen molar-refractivity contribution in [3.05, 3.63) is 55.2 Å². The summed E-state index contributed by atoms with van der Waals surface area (Å²) in [6.45, 7) is 3.87. The van der Waals surface area contributed by atoms with Gasteiger partial charge in [0.25, 0.3) is 5.91 Å². The maximum atomic E-state index is 12.2. The third kappa shape index (κ3) is 3.33. The molecule has 2 rings (SSSR count). The highest BCUT2D eigenvalue weighted by atomic mass is 127. The summed E-state index contributed by atoms with van der Waals surface area (Å²) in [4.78, 5) is 16.5. The number of anilines is 1. The molecule has 0 atom stereocenters. The van der Waals surface area contributed by atoms with E-state index in [0.29, 0.717) is 11.4 Å². The fourth-order valence-corrected chi connectivity index (χ4v) is 2.45. The van der Waals surface area contributed by atoms with Crippen LogP contribution in [-0.4, -0.2) is 10.9 Å². The molecule has 0 radical (unpaired) electrons. The van der Waals surface area contributed by atoms with Gasteiger partial charge in [0.2, 0.25) is 0 Å². The van der Waals surface area contributed by atoms with Crippen LogP contribution in [-0.2, 0) is 0 Å². The summed E-state index contributed by atoms with van der Waals surface area (Å²) in [7, 11) is 0. The summed E-state index contributed by atoms with van der Waals surface area (Å²) in [5, 5.41) is 2.82. The molecule has 5 heteroatoms. The number of aryl methyl sites for hydroxylation is 2. The Labute approximate surface area is 134 Å². The minimum atomic E-state index is -0.137. The van der Waals surface area contributed by atoms with E-state index < -0.39 is 0 Å². The molecule has 1 amide bonds. The summed E-state index contributed by atoms with van der Waals surface area (Å²) in [6, 6.07) is 9.33. The van der Waals surface area contributed by atoms with Gasteiger partial charge in [-0.05, 0) is 76.1 Å². The summed E-state index contributed by atoms with van der Waals surface area (Å²) in [5.74, 6) is 0.422. The van der Waals surface area contributed by atoms with Crippen molar-refractivity contribution in [3.63, 3.8) is 0 Å². The predicted molar refractivity (Wildman–Crippen MR) is 88.5 cm³/mol. The molecule has 0 unspecified atom stereocenters. The molecule has 0 aliphatic heterocycles. The summed E-state index contributed by atoms with van der Waals surface area (Å²) in [6.07, 6.45) is 0. The molecule has 0 bridgehead atoms. The number of carbonyl (C=O) groups excluding carboxylic acids is 1. The van der Waals surface area contributed by atoms with Crippen molar-refractivity contribution in [2.45, 2.75) is 13.8 Å². The number of pyridine rings is 1. The van der Waals surface area contributed by atoms with E-state index in [2.05, 4.69) is 48.8 Å². The van der Waals surface area contributed by atoms with Gasteiger partial charge in [-0.3, -0.25) is 4.79 Å².